The summed E-state index contributed by atoms with van der Waals surface area (Å²) >= 11 is 0. The number of hydrogen-bond donors (Lipinski definition) is 1. The summed E-state index contributed by atoms with van der Waals surface area (Å²) in [4.78, 5) is 14.4. The van der Waals surface area contributed by atoms with Crippen LogP contribution < -0.4 is 5.73 Å². The van der Waals surface area contributed by atoms with E-state index in [0.717, 1.165) is 45.2 Å². The highest BCUT2D eigenvalue weighted by Crippen LogP contribution is 2.37. The van der Waals surface area contributed by atoms with E-state index in [0.29, 0.717) is 12.0 Å². The minimum Gasteiger partial charge on any atom is -0.364 e. The first-order valence-corrected chi connectivity index (χ1v) is 7.28. The molecule has 2 N–H and O–H groups in total. The van der Waals surface area contributed by atoms with Crippen LogP contribution in [0.3, 0.4) is 0 Å². The van der Waals surface area contributed by atoms with E-state index in [-0.39, 0.29) is 30.5 Å². The number of likely N-dealkylation sites (tertiary alicyclic amines) is 1. The van der Waals surface area contributed by atoms with Gasteiger partial charge in [-0.3, -0.25) is 4.79 Å². The molecule has 5 heteroatoms. The zero-order valence-electron chi connectivity index (χ0n) is 12.1. The maximum atomic E-state index is 12.4. The lowest BCUT2D eigenvalue weighted by Crippen LogP contribution is -2.39. The standard InChI is InChI=1S/C14H26N2O2.ClH/c1-3-14(4-2)7-8-16(10-14)13(17)12-6-5-11(9-15)18-12;/h11-12H,3-10,15H2,1-2H3;1H/t11-,12+;/m1./s1. The summed E-state index contributed by atoms with van der Waals surface area (Å²) in [5.41, 5.74) is 5.93. The molecule has 19 heavy (non-hydrogen) atoms. The molecule has 112 valence electrons. The Morgan fingerprint density at radius 2 is 2.05 bits per heavy atom. The summed E-state index contributed by atoms with van der Waals surface area (Å²) in [5.74, 6) is 0.190. The number of amides is 1. The maximum absolute atomic E-state index is 12.4. The molecule has 0 radical (unpaired) electrons. The molecule has 0 unspecified atom stereocenters. The van der Waals surface area contributed by atoms with Crippen molar-refractivity contribution >= 4 is 18.3 Å². The Labute approximate surface area is 122 Å². The average Bonchev–Trinajstić information content (AvgIpc) is 3.05. The molecule has 0 bridgehead atoms. The zero-order chi connectivity index (χ0) is 13.2. The minimum absolute atomic E-state index is 0. The molecular weight excluding hydrogens is 264 g/mol. The number of nitrogens with two attached hydrogens (primary N) is 1. The molecule has 2 fully saturated rings. The Balaban J connectivity index is 0.00000180. The normalized spacial score (nSPS) is 29.3. The molecule has 0 aromatic rings. The van der Waals surface area contributed by atoms with E-state index in [1.54, 1.807) is 0 Å². The van der Waals surface area contributed by atoms with Crippen molar-refractivity contribution in [2.45, 2.75) is 58.2 Å². The van der Waals surface area contributed by atoms with Crippen LogP contribution >= 0.6 is 12.4 Å². The topological polar surface area (TPSA) is 55.6 Å². The zero-order valence-corrected chi connectivity index (χ0v) is 12.9. The van der Waals surface area contributed by atoms with Gasteiger partial charge in [0.05, 0.1) is 6.10 Å². The Bertz CT molecular complexity index is 308. The first-order chi connectivity index (χ1) is 8.64. The van der Waals surface area contributed by atoms with Gasteiger partial charge in [0.25, 0.3) is 5.91 Å². The van der Waals surface area contributed by atoms with Gasteiger partial charge in [-0.2, -0.15) is 0 Å². The molecule has 2 heterocycles. The fraction of sp³-hybridized carbons (Fsp3) is 0.929. The molecule has 2 aliphatic heterocycles. The van der Waals surface area contributed by atoms with Crippen LogP contribution in [0.5, 0.6) is 0 Å². The Hall–Kier alpha value is -0.320. The van der Waals surface area contributed by atoms with E-state index in [2.05, 4.69) is 13.8 Å². The van der Waals surface area contributed by atoms with Gasteiger partial charge in [0.1, 0.15) is 6.10 Å². The number of nitrogens with zero attached hydrogens (tertiary/aromatic N) is 1. The molecule has 0 aliphatic carbocycles. The van der Waals surface area contributed by atoms with Crippen LogP contribution in [0.15, 0.2) is 0 Å². The van der Waals surface area contributed by atoms with E-state index >= 15 is 0 Å². The summed E-state index contributed by atoms with van der Waals surface area (Å²) in [6, 6.07) is 0. The van der Waals surface area contributed by atoms with Crippen molar-refractivity contribution in [2.24, 2.45) is 11.1 Å². The van der Waals surface area contributed by atoms with Gasteiger partial charge in [0, 0.05) is 19.6 Å². The van der Waals surface area contributed by atoms with Crippen molar-refractivity contribution in [3.8, 4) is 0 Å². The quantitative estimate of drug-likeness (QED) is 0.861. The summed E-state index contributed by atoms with van der Waals surface area (Å²) in [6.07, 6.45) is 5.06. The smallest absolute Gasteiger partial charge is 0.251 e. The number of halogens is 1. The highest BCUT2D eigenvalue weighted by molar-refractivity contribution is 5.85. The van der Waals surface area contributed by atoms with Gasteiger partial charge in [-0.25, -0.2) is 0 Å². The lowest BCUT2D eigenvalue weighted by Gasteiger charge is -2.27. The minimum atomic E-state index is -0.233. The molecule has 1 amide bonds. The SMILES string of the molecule is CCC1(CC)CCN(C(=O)[C@@H]2CC[C@H](CN)O2)C1.Cl. The number of rotatable bonds is 4. The Morgan fingerprint density at radius 1 is 1.37 bits per heavy atom. The first kappa shape index (κ1) is 16.7. The van der Waals surface area contributed by atoms with Crippen LogP contribution in [0, 0.1) is 5.41 Å². The molecule has 0 aromatic carbocycles. The number of carbonyl (C=O) groups excluding carboxylic acids is 1. The van der Waals surface area contributed by atoms with Crippen LogP contribution in [0.4, 0.5) is 0 Å². The monoisotopic (exact) mass is 290 g/mol. The number of ether oxygens (including phenoxy) is 1. The summed E-state index contributed by atoms with van der Waals surface area (Å²) in [7, 11) is 0. The van der Waals surface area contributed by atoms with Crippen LogP contribution in [0.25, 0.3) is 0 Å². The highest BCUT2D eigenvalue weighted by atomic mass is 35.5. The average molecular weight is 291 g/mol. The summed E-state index contributed by atoms with van der Waals surface area (Å²) in [5, 5.41) is 0. The van der Waals surface area contributed by atoms with Crippen LogP contribution in [-0.4, -0.2) is 42.6 Å². The van der Waals surface area contributed by atoms with Crippen molar-refractivity contribution in [3.05, 3.63) is 0 Å². The van der Waals surface area contributed by atoms with Gasteiger partial charge in [-0.05, 0) is 37.5 Å². The molecule has 2 saturated heterocycles. The van der Waals surface area contributed by atoms with Crippen molar-refractivity contribution in [1.29, 1.82) is 0 Å². The van der Waals surface area contributed by atoms with E-state index in [1.165, 1.54) is 0 Å². The third-order valence-corrected chi connectivity index (χ3v) is 4.90. The third kappa shape index (κ3) is 3.41. The second-order valence-corrected chi connectivity index (χ2v) is 5.78. The van der Waals surface area contributed by atoms with Crippen molar-refractivity contribution in [2.75, 3.05) is 19.6 Å². The molecule has 2 rings (SSSR count). The van der Waals surface area contributed by atoms with Gasteiger partial charge in [0.15, 0.2) is 0 Å². The van der Waals surface area contributed by atoms with Gasteiger partial charge >= 0.3 is 0 Å². The summed E-state index contributed by atoms with van der Waals surface area (Å²) < 4.78 is 5.70. The van der Waals surface area contributed by atoms with Crippen molar-refractivity contribution < 1.29 is 9.53 Å². The third-order valence-electron chi connectivity index (χ3n) is 4.90. The van der Waals surface area contributed by atoms with Gasteiger partial charge < -0.3 is 15.4 Å². The summed E-state index contributed by atoms with van der Waals surface area (Å²) in [6.45, 7) is 6.79. The van der Waals surface area contributed by atoms with E-state index in [1.807, 2.05) is 4.90 Å². The molecular formula is C14H27ClN2O2. The van der Waals surface area contributed by atoms with Gasteiger partial charge in [-0.15, -0.1) is 12.4 Å². The predicted molar refractivity (Wildman–Crippen MR) is 78.4 cm³/mol. The largest absolute Gasteiger partial charge is 0.364 e. The van der Waals surface area contributed by atoms with Crippen LogP contribution in [0.1, 0.15) is 46.0 Å². The van der Waals surface area contributed by atoms with E-state index in [9.17, 15) is 4.79 Å². The molecule has 2 aliphatic rings. The van der Waals surface area contributed by atoms with E-state index in [4.69, 9.17) is 10.5 Å². The maximum Gasteiger partial charge on any atom is 0.251 e. The van der Waals surface area contributed by atoms with Gasteiger partial charge in [0.2, 0.25) is 0 Å². The molecule has 0 aromatic heterocycles. The lowest BCUT2D eigenvalue weighted by atomic mass is 9.82. The second-order valence-electron chi connectivity index (χ2n) is 5.78. The molecule has 0 spiro atoms. The Morgan fingerprint density at radius 3 is 2.53 bits per heavy atom. The molecule has 2 atom stereocenters. The fourth-order valence-corrected chi connectivity index (χ4v) is 3.21. The van der Waals surface area contributed by atoms with Gasteiger partial charge in [-0.1, -0.05) is 13.8 Å². The first-order valence-electron chi connectivity index (χ1n) is 7.28. The van der Waals surface area contributed by atoms with Crippen LogP contribution in [-0.2, 0) is 9.53 Å². The Kier molecular flexibility index (Phi) is 6.09. The second kappa shape index (κ2) is 6.91. The molecule has 4 nitrogen and oxygen atoms in total. The van der Waals surface area contributed by atoms with Crippen LogP contribution in [0.2, 0.25) is 0 Å². The fourth-order valence-electron chi connectivity index (χ4n) is 3.21. The number of hydrogen-bond acceptors (Lipinski definition) is 3. The lowest BCUT2D eigenvalue weighted by molar-refractivity contribution is -0.142. The van der Waals surface area contributed by atoms with Crippen molar-refractivity contribution in [1.82, 2.24) is 4.90 Å². The predicted octanol–water partition coefficient (Wildman–Crippen LogP) is 1.95. The molecule has 0 saturated carbocycles. The number of carbonyl (C=O) groups is 1. The highest BCUT2D eigenvalue weighted by Gasteiger charge is 2.40. The van der Waals surface area contributed by atoms with Crippen molar-refractivity contribution in [3.63, 3.8) is 0 Å². The van der Waals surface area contributed by atoms with E-state index < -0.39 is 0 Å².